The van der Waals surface area contributed by atoms with Crippen LogP contribution < -0.4 is 5.46 Å². The van der Waals surface area contributed by atoms with Gasteiger partial charge in [-0.25, -0.2) is 9.97 Å². The van der Waals surface area contributed by atoms with E-state index in [0.29, 0.717) is 5.82 Å². The van der Waals surface area contributed by atoms with Gasteiger partial charge in [0.25, 0.3) is 0 Å². The van der Waals surface area contributed by atoms with Crippen molar-refractivity contribution in [3.05, 3.63) is 42.7 Å². The molecule has 2 aromatic rings. The molecule has 1 aromatic carbocycles. The zero-order valence-electron chi connectivity index (χ0n) is 12.8. The number of rotatable bonds is 2. The maximum absolute atomic E-state index is 6.08. The number of hydrogen-bond donors (Lipinski definition) is 0. The predicted molar refractivity (Wildman–Crippen MR) is 83.2 cm³/mol. The van der Waals surface area contributed by atoms with E-state index in [1.165, 1.54) is 0 Å². The molecule has 0 bridgehead atoms. The van der Waals surface area contributed by atoms with Gasteiger partial charge in [-0.2, -0.15) is 0 Å². The molecule has 0 spiro atoms. The van der Waals surface area contributed by atoms with Crippen LogP contribution in [0.2, 0.25) is 0 Å². The Bertz CT molecular complexity index is 628. The maximum Gasteiger partial charge on any atom is 0.494 e. The molecule has 0 N–H and O–H groups in total. The minimum atomic E-state index is -0.362. The summed E-state index contributed by atoms with van der Waals surface area (Å²) in [6, 6.07) is 9.81. The highest BCUT2D eigenvalue weighted by Crippen LogP contribution is 2.36. The van der Waals surface area contributed by atoms with Gasteiger partial charge in [-0.1, -0.05) is 24.3 Å². The average Bonchev–Trinajstić information content (AvgIpc) is 2.69. The van der Waals surface area contributed by atoms with Crippen molar-refractivity contribution in [2.45, 2.75) is 38.9 Å². The summed E-state index contributed by atoms with van der Waals surface area (Å²) in [5, 5.41) is 0. The fraction of sp³-hybridized carbons (Fsp3) is 0.375. The van der Waals surface area contributed by atoms with Crippen LogP contribution in [0, 0.1) is 0 Å². The Hall–Kier alpha value is -1.72. The molecular formula is C16H19BN2O2. The summed E-state index contributed by atoms with van der Waals surface area (Å²) in [6.45, 7) is 8.21. The van der Waals surface area contributed by atoms with Crippen LogP contribution in [-0.2, 0) is 9.31 Å². The van der Waals surface area contributed by atoms with Crippen molar-refractivity contribution in [1.29, 1.82) is 0 Å². The van der Waals surface area contributed by atoms with Crippen LogP contribution in [0.3, 0.4) is 0 Å². The molecule has 0 saturated carbocycles. The van der Waals surface area contributed by atoms with E-state index in [1.54, 1.807) is 12.4 Å². The smallest absolute Gasteiger partial charge is 0.399 e. The third-order valence-corrected chi connectivity index (χ3v) is 4.24. The van der Waals surface area contributed by atoms with Gasteiger partial charge >= 0.3 is 7.12 Å². The van der Waals surface area contributed by atoms with Crippen LogP contribution in [0.15, 0.2) is 42.7 Å². The third-order valence-electron chi connectivity index (χ3n) is 4.24. The zero-order chi connectivity index (χ0) is 15.1. The highest BCUT2D eigenvalue weighted by atomic mass is 16.7. The quantitative estimate of drug-likeness (QED) is 0.794. The Morgan fingerprint density at radius 3 is 2.14 bits per heavy atom. The normalized spacial score (nSPS) is 19.7. The van der Waals surface area contributed by atoms with Gasteiger partial charge in [0.05, 0.1) is 11.2 Å². The van der Waals surface area contributed by atoms with Crippen LogP contribution in [0.1, 0.15) is 27.7 Å². The first-order chi connectivity index (χ1) is 9.89. The van der Waals surface area contributed by atoms with Gasteiger partial charge in [-0.05, 0) is 39.2 Å². The number of hydrogen-bond acceptors (Lipinski definition) is 4. The van der Waals surface area contributed by atoms with Crippen molar-refractivity contribution in [3.63, 3.8) is 0 Å². The van der Waals surface area contributed by atoms with E-state index in [0.717, 1.165) is 11.0 Å². The second kappa shape index (κ2) is 4.93. The Morgan fingerprint density at radius 1 is 0.905 bits per heavy atom. The van der Waals surface area contributed by atoms with E-state index in [-0.39, 0.29) is 18.3 Å². The summed E-state index contributed by atoms with van der Waals surface area (Å²) in [5.41, 5.74) is 1.27. The summed E-state index contributed by atoms with van der Waals surface area (Å²) in [6.07, 6.45) is 3.48. The molecule has 1 aliphatic rings. The van der Waals surface area contributed by atoms with Gasteiger partial charge in [0, 0.05) is 18.0 Å². The maximum atomic E-state index is 6.08. The van der Waals surface area contributed by atoms with Crippen molar-refractivity contribution >= 4 is 12.6 Å². The molecule has 4 nitrogen and oxygen atoms in total. The molecular weight excluding hydrogens is 263 g/mol. The lowest BCUT2D eigenvalue weighted by Gasteiger charge is -2.32. The van der Waals surface area contributed by atoms with Gasteiger partial charge in [-0.3, -0.25) is 0 Å². The Balaban J connectivity index is 1.92. The molecule has 108 valence electrons. The van der Waals surface area contributed by atoms with Crippen LogP contribution in [-0.4, -0.2) is 28.3 Å². The van der Waals surface area contributed by atoms with Crippen LogP contribution in [0.25, 0.3) is 11.4 Å². The summed E-state index contributed by atoms with van der Waals surface area (Å²) in [5.74, 6) is 0.705. The predicted octanol–water partition coefficient (Wildman–Crippen LogP) is 2.44. The highest BCUT2D eigenvalue weighted by molar-refractivity contribution is 6.62. The zero-order valence-corrected chi connectivity index (χ0v) is 12.8. The molecule has 2 heterocycles. The Kier molecular flexibility index (Phi) is 3.34. The second-order valence-corrected chi connectivity index (χ2v) is 6.29. The standard InChI is InChI=1S/C16H19BN2O2/c1-15(2)16(3,4)21-17(20-15)13-8-5-7-12(11-13)14-18-9-6-10-19-14/h5-11H,1-4H3. The van der Waals surface area contributed by atoms with E-state index in [2.05, 4.69) is 37.7 Å². The lowest BCUT2D eigenvalue weighted by atomic mass is 9.78. The minimum Gasteiger partial charge on any atom is -0.399 e. The van der Waals surface area contributed by atoms with Crippen molar-refractivity contribution in [3.8, 4) is 11.4 Å². The van der Waals surface area contributed by atoms with Crippen LogP contribution in [0.5, 0.6) is 0 Å². The van der Waals surface area contributed by atoms with Gasteiger partial charge < -0.3 is 9.31 Å². The molecule has 1 fully saturated rings. The molecule has 0 atom stereocenters. The topological polar surface area (TPSA) is 44.2 Å². The largest absolute Gasteiger partial charge is 0.494 e. The summed E-state index contributed by atoms with van der Waals surface area (Å²) < 4.78 is 12.2. The first kappa shape index (κ1) is 14.2. The second-order valence-electron chi connectivity index (χ2n) is 6.29. The monoisotopic (exact) mass is 282 g/mol. The molecule has 0 aliphatic carbocycles. The number of nitrogens with zero attached hydrogens (tertiary/aromatic N) is 2. The van der Waals surface area contributed by atoms with Crippen LogP contribution in [0.4, 0.5) is 0 Å². The van der Waals surface area contributed by atoms with Crippen LogP contribution >= 0.6 is 0 Å². The summed E-state index contributed by atoms with van der Waals surface area (Å²) in [4.78, 5) is 8.56. The number of benzene rings is 1. The third kappa shape index (κ3) is 2.59. The lowest BCUT2D eigenvalue weighted by molar-refractivity contribution is 0.00578. The summed E-state index contributed by atoms with van der Waals surface area (Å²) in [7, 11) is -0.362. The number of aromatic nitrogens is 2. The molecule has 21 heavy (non-hydrogen) atoms. The van der Waals surface area contributed by atoms with E-state index in [9.17, 15) is 0 Å². The molecule has 0 unspecified atom stereocenters. The molecule has 1 saturated heterocycles. The molecule has 5 heteroatoms. The fourth-order valence-corrected chi connectivity index (χ4v) is 2.25. The van der Waals surface area contributed by atoms with E-state index in [1.807, 2.05) is 30.3 Å². The van der Waals surface area contributed by atoms with E-state index in [4.69, 9.17) is 9.31 Å². The summed E-state index contributed by atoms with van der Waals surface area (Å²) >= 11 is 0. The average molecular weight is 282 g/mol. The van der Waals surface area contributed by atoms with E-state index >= 15 is 0 Å². The van der Waals surface area contributed by atoms with E-state index < -0.39 is 0 Å². The van der Waals surface area contributed by atoms with Gasteiger partial charge in [0.2, 0.25) is 0 Å². The highest BCUT2D eigenvalue weighted by Gasteiger charge is 2.51. The minimum absolute atomic E-state index is 0.336. The first-order valence-corrected chi connectivity index (χ1v) is 7.12. The van der Waals surface area contributed by atoms with Crippen molar-refractivity contribution in [1.82, 2.24) is 9.97 Å². The SMILES string of the molecule is CC1(C)OB(c2cccc(-c3ncccn3)c2)OC1(C)C. The fourth-order valence-electron chi connectivity index (χ4n) is 2.25. The Morgan fingerprint density at radius 2 is 1.52 bits per heavy atom. The lowest BCUT2D eigenvalue weighted by Crippen LogP contribution is -2.41. The van der Waals surface area contributed by atoms with Crippen molar-refractivity contribution in [2.75, 3.05) is 0 Å². The molecule has 3 rings (SSSR count). The van der Waals surface area contributed by atoms with Gasteiger partial charge in [0.15, 0.2) is 5.82 Å². The molecule has 0 radical (unpaired) electrons. The molecule has 0 amide bonds. The van der Waals surface area contributed by atoms with Crippen molar-refractivity contribution in [2.24, 2.45) is 0 Å². The molecule has 1 aromatic heterocycles. The van der Waals surface area contributed by atoms with Crippen molar-refractivity contribution < 1.29 is 9.31 Å². The van der Waals surface area contributed by atoms with Gasteiger partial charge in [-0.15, -0.1) is 0 Å². The first-order valence-electron chi connectivity index (χ1n) is 7.12. The molecule has 1 aliphatic heterocycles. The van der Waals surface area contributed by atoms with Gasteiger partial charge in [0.1, 0.15) is 0 Å². The Labute approximate surface area is 125 Å².